The number of carbonyl (C=O) groups is 1. The lowest BCUT2D eigenvalue weighted by atomic mass is 9.91. The van der Waals surface area contributed by atoms with Gasteiger partial charge in [0, 0.05) is 18.9 Å². The summed E-state index contributed by atoms with van der Waals surface area (Å²) in [6.07, 6.45) is 7.05. The third kappa shape index (κ3) is 1.93. The van der Waals surface area contributed by atoms with Crippen molar-refractivity contribution >= 4 is 17.3 Å². The molecule has 1 N–H and O–H groups in total. The summed E-state index contributed by atoms with van der Waals surface area (Å²) in [5, 5.41) is 13.6. The van der Waals surface area contributed by atoms with Crippen molar-refractivity contribution in [2.45, 2.75) is 25.8 Å². The lowest BCUT2D eigenvalue weighted by Crippen LogP contribution is -2.49. The van der Waals surface area contributed by atoms with Gasteiger partial charge in [0.1, 0.15) is 11.6 Å². The number of hydrogen-bond donors (Lipinski definition) is 1. The summed E-state index contributed by atoms with van der Waals surface area (Å²) in [5.74, 6) is 0.0469. The van der Waals surface area contributed by atoms with Gasteiger partial charge in [-0.2, -0.15) is 5.10 Å². The topological polar surface area (TPSA) is 70.7 Å². The Morgan fingerprint density at radius 3 is 3.11 bits per heavy atom. The van der Waals surface area contributed by atoms with Gasteiger partial charge in [-0.05, 0) is 24.8 Å². The Kier molecular flexibility index (Phi) is 2.85. The molecule has 100 valence electrons. The number of carboxylic acid groups (broad SMARTS) is 1. The maximum atomic E-state index is 11.5. The van der Waals surface area contributed by atoms with Gasteiger partial charge < -0.3 is 10.0 Å². The van der Waals surface area contributed by atoms with Crippen molar-refractivity contribution in [3.05, 3.63) is 24.7 Å². The van der Waals surface area contributed by atoms with E-state index in [1.54, 1.807) is 23.1 Å². The molecule has 19 heavy (non-hydrogen) atoms. The minimum absolute atomic E-state index is 0.122. The highest BCUT2D eigenvalue weighted by atomic mass is 16.4. The van der Waals surface area contributed by atoms with Crippen molar-refractivity contribution in [1.82, 2.24) is 14.6 Å². The molecule has 0 aromatic carbocycles. The molecule has 2 aromatic rings. The minimum Gasteiger partial charge on any atom is -0.480 e. The lowest BCUT2D eigenvalue weighted by molar-refractivity contribution is -0.140. The fourth-order valence-corrected chi connectivity index (χ4v) is 2.87. The molecule has 1 aliphatic heterocycles. The molecule has 3 rings (SSSR count). The van der Waals surface area contributed by atoms with Crippen LogP contribution in [0.1, 0.15) is 19.8 Å². The van der Waals surface area contributed by atoms with Crippen LogP contribution in [0.4, 0.5) is 5.82 Å². The molecule has 1 fully saturated rings. The third-order valence-electron chi connectivity index (χ3n) is 3.76. The first-order chi connectivity index (χ1) is 9.18. The number of aromatic nitrogens is 3. The number of nitrogens with zero attached hydrogens (tertiary/aromatic N) is 4. The maximum absolute atomic E-state index is 11.5. The second-order valence-electron chi connectivity index (χ2n) is 5.01. The summed E-state index contributed by atoms with van der Waals surface area (Å²) in [5.41, 5.74) is 0.850. The van der Waals surface area contributed by atoms with Crippen LogP contribution in [0.25, 0.3) is 5.52 Å². The molecule has 0 saturated carbocycles. The first kappa shape index (κ1) is 12.0. The lowest BCUT2D eigenvalue weighted by Gasteiger charge is -2.38. The molecule has 0 bridgehead atoms. The van der Waals surface area contributed by atoms with Crippen LogP contribution in [-0.4, -0.2) is 38.3 Å². The molecule has 1 saturated heterocycles. The zero-order valence-corrected chi connectivity index (χ0v) is 10.7. The van der Waals surface area contributed by atoms with Crippen molar-refractivity contribution < 1.29 is 9.90 Å². The Hall–Kier alpha value is -2.11. The smallest absolute Gasteiger partial charge is 0.326 e. The summed E-state index contributed by atoms with van der Waals surface area (Å²) in [6.45, 7) is 2.71. The Labute approximate surface area is 110 Å². The Bertz CT molecular complexity index is 609. The van der Waals surface area contributed by atoms with Crippen molar-refractivity contribution in [1.29, 1.82) is 0 Å². The zero-order valence-electron chi connectivity index (χ0n) is 10.7. The number of fused-ring (bicyclic) bond motifs is 1. The zero-order chi connectivity index (χ0) is 13.4. The maximum Gasteiger partial charge on any atom is 0.326 e. The van der Waals surface area contributed by atoms with E-state index in [1.165, 1.54) is 0 Å². The number of piperidine rings is 1. The molecular weight excluding hydrogens is 244 g/mol. The highest BCUT2D eigenvalue weighted by molar-refractivity contribution is 5.81. The molecule has 6 heteroatoms. The molecule has 0 aliphatic carbocycles. The fraction of sp³-hybridized carbons (Fsp3) is 0.462. The number of rotatable bonds is 2. The van der Waals surface area contributed by atoms with E-state index in [0.29, 0.717) is 5.82 Å². The van der Waals surface area contributed by atoms with E-state index in [2.05, 4.69) is 10.1 Å². The van der Waals surface area contributed by atoms with Crippen molar-refractivity contribution in [2.24, 2.45) is 5.92 Å². The van der Waals surface area contributed by atoms with Gasteiger partial charge in [-0.25, -0.2) is 14.3 Å². The standard InChI is InChI=1S/C13H16N4O2/c1-9-3-2-7-16(11(9)13(18)19)12-10-4-5-15-17(10)8-6-14-12/h4-6,8-9,11H,2-3,7H2,1H3,(H,18,19). The Morgan fingerprint density at radius 2 is 2.32 bits per heavy atom. The average molecular weight is 260 g/mol. The van der Waals surface area contributed by atoms with Crippen LogP contribution in [0.15, 0.2) is 24.7 Å². The summed E-state index contributed by atoms with van der Waals surface area (Å²) < 4.78 is 1.72. The molecule has 2 atom stereocenters. The van der Waals surface area contributed by atoms with Crippen LogP contribution >= 0.6 is 0 Å². The largest absolute Gasteiger partial charge is 0.480 e. The Balaban J connectivity index is 2.08. The fourth-order valence-electron chi connectivity index (χ4n) is 2.87. The van der Waals surface area contributed by atoms with Gasteiger partial charge in [-0.15, -0.1) is 0 Å². The van der Waals surface area contributed by atoms with Crippen LogP contribution in [-0.2, 0) is 4.79 Å². The van der Waals surface area contributed by atoms with Crippen molar-refractivity contribution in [3.63, 3.8) is 0 Å². The SMILES string of the molecule is CC1CCCN(c2nccn3nccc23)C1C(=O)O. The van der Waals surface area contributed by atoms with Crippen molar-refractivity contribution in [2.75, 3.05) is 11.4 Å². The van der Waals surface area contributed by atoms with Crippen LogP contribution in [0.2, 0.25) is 0 Å². The summed E-state index contributed by atoms with van der Waals surface area (Å²) >= 11 is 0. The number of aliphatic carboxylic acids is 1. The van der Waals surface area contributed by atoms with E-state index < -0.39 is 12.0 Å². The highest BCUT2D eigenvalue weighted by Crippen LogP contribution is 2.29. The second kappa shape index (κ2) is 4.53. The van der Waals surface area contributed by atoms with Gasteiger partial charge in [-0.1, -0.05) is 6.92 Å². The highest BCUT2D eigenvalue weighted by Gasteiger charge is 2.35. The van der Waals surface area contributed by atoms with Gasteiger partial charge in [-0.3, -0.25) is 0 Å². The number of hydrogen-bond acceptors (Lipinski definition) is 4. The normalized spacial score (nSPS) is 23.7. The molecule has 2 unspecified atom stereocenters. The molecule has 0 amide bonds. The number of anilines is 1. The molecule has 6 nitrogen and oxygen atoms in total. The molecule has 3 heterocycles. The van der Waals surface area contributed by atoms with Gasteiger partial charge >= 0.3 is 5.97 Å². The van der Waals surface area contributed by atoms with Crippen LogP contribution in [0.5, 0.6) is 0 Å². The van der Waals surface area contributed by atoms with Crippen LogP contribution < -0.4 is 4.90 Å². The van der Waals surface area contributed by atoms with E-state index in [0.717, 1.165) is 24.9 Å². The van der Waals surface area contributed by atoms with Gasteiger partial charge in [0.15, 0.2) is 5.82 Å². The predicted molar refractivity (Wildman–Crippen MR) is 70.2 cm³/mol. The van der Waals surface area contributed by atoms with Gasteiger partial charge in [0.2, 0.25) is 0 Å². The quantitative estimate of drug-likeness (QED) is 0.884. The molecular formula is C13H16N4O2. The minimum atomic E-state index is -0.782. The number of carboxylic acids is 1. The van der Waals surface area contributed by atoms with Gasteiger partial charge in [0.25, 0.3) is 0 Å². The van der Waals surface area contributed by atoms with E-state index >= 15 is 0 Å². The first-order valence-electron chi connectivity index (χ1n) is 6.46. The summed E-state index contributed by atoms with van der Waals surface area (Å²) in [7, 11) is 0. The monoisotopic (exact) mass is 260 g/mol. The first-order valence-corrected chi connectivity index (χ1v) is 6.46. The molecule has 2 aromatic heterocycles. The predicted octanol–water partition coefficient (Wildman–Crippen LogP) is 1.42. The van der Waals surface area contributed by atoms with E-state index in [9.17, 15) is 9.90 Å². The van der Waals surface area contributed by atoms with Crippen LogP contribution in [0.3, 0.4) is 0 Å². The third-order valence-corrected chi connectivity index (χ3v) is 3.76. The van der Waals surface area contributed by atoms with Gasteiger partial charge in [0.05, 0.1) is 6.20 Å². The second-order valence-corrected chi connectivity index (χ2v) is 5.01. The van der Waals surface area contributed by atoms with E-state index in [-0.39, 0.29) is 5.92 Å². The average Bonchev–Trinajstić information content (AvgIpc) is 2.85. The summed E-state index contributed by atoms with van der Waals surface area (Å²) in [6, 6.07) is 1.35. The van der Waals surface area contributed by atoms with E-state index in [4.69, 9.17) is 0 Å². The Morgan fingerprint density at radius 1 is 1.47 bits per heavy atom. The van der Waals surface area contributed by atoms with Crippen LogP contribution in [0, 0.1) is 5.92 Å². The molecule has 0 radical (unpaired) electrons. The summed E-state index contributed by atoms with van der Waals surface area (Å²) in [4.78, 5) is 17.8. The van der Waals surface area contributed by atoms with E-state index in [1.807, 2.05) is 17.9 Å². The van der Waals surface area contributed by atoms with Crippen molar-refractivity contribution in [3.8, 4) is 0 Å². The molecule has 1 aliphatic rings. The molecule has 0 spiro atoms.